The van der Waals surface area contributed by atoms with Crippen LogP contribution in [0.15, 0.2) is 18.2 Å². The Bertz CT molecular complexity index is 555. The van der Waals surface area contributed by atoms with Gasteiger partial charge in [0.1, 0.15) is 0 Å². The summed E-state index contributed by atoms with van der Waals surface area (Å²) < 4.78 is 11.4. The van der Waals surface area contributed by atoms with Gasteiger partial charge in [-0.15, -0.1) is 0 Å². The summed E-state index contributed by atoms with van der Waals surface area (Å²) in [6.45, 7) is 5.73. The van der Waals surface area contributed by atoms with Gasteiger partial charge >= 0.3 is 5.97 Å². The lowest BCUT2D eigenvalue weighted by Gasteiger charge is -2.18. The van der Waals surface area contributed by atoms with Crippen LogP contribution in [0.25, 0.3) is 6.08 Å². The number of carbonyl (C=O) groups is 1. The molecule has 0 bridgehead atoms. The van der Waals surface area contributed by atoms with E-state index in [9.17, 15) is 4.79 Å². The van der Waals surface area contributed by atoms with E-state index in [2.05, 4.69) is 19.2 Å². The number of hydrogen-bond donors (Lipinski definition) is 2. The lowest BCUT2D eigenvalue weighted by molar-refractivity contribution is -0.131. The van der Waals surface area contributed by atoms with Crippen LogP contribution in [0, 0.1) is 0 Å². The van der Waals surface area contributed by atoms with E-state index in [1.807, 2.05) is 12.1 Å². The van der Waals surface area contributed by atoms with E-state index in [0.29, 0.717) is 18.1 Å². The van der Waals surface area contributed by atoms with Crippen molar-refractivity contribution in [1.29, 1.82) is 0 Å². The summed E-state index contributed by atoms with van der Waals surface area (Å²) in [7, 11) is 1.61. The number of anilines is 1. The topological polar surface area (TPSA) is 67.8 Å². The molecule has 0 atom stereocenters. The molecule has 2 N–H and O–H groups in total. The van der Waals surface area contributed by atoms with Crippen molar-refractivity contribution in [1.82, 2.24) is 0 Å². The molecule has 0 aliphatic rings. The van der Waals surface area contributed by atoms with Crippen molar-refractivity contribution in [3.8, 4) is 11.5 Å². The van der Waals surface area contributed by atoms with Crippen LogP contribution < -0.4 is 14.8 Å². The Labute approximate surface area is 151 Å². The molecule has 0 fully saturated rings. The van der Waals surface area contributed by atoms with E-state index in [1.54, 1.807) is 13.2 Å². The van der Waals surface area contributed by atoms with E-state index in [1.165, 1.54) is 0 Å². The molecule has 1 rings (SSSR count). The van der Waals surface area contributed by atoms with Gasteiger partial charge in [0.25, 0.3) is 0 Å². The van der Waals surface area contributed by atoms with Crippen LogP contribution in [0.1, 0.15) is 57.9 Å². The van der Waals surface area contributed by atoms with E-state index in [4.69, 9.17) is 14.6 Å². The maximum atomic E-state index is 10.9. The maximum absolute atomic E-state index is 10.9. The Kier molecular flexibility index (Phi) is 10.2. The second-order valence-corrected chi connectivity index (χ2v) is 5.92. The highest BCUT2D eigenvalue weighted by Gasteiger charge is 2.14. The van der Waals surface area contributed by atoms with Crippen molar-refractivity contribution >= 4 is 17.7 Å². The minimum Gasteiger partial charge on any atom is -0.493 e. The number of methoxy groups -OCH3 is 1. The number of rotatable bonds is 13. The van der Waals surface area contributed by atoms with Crippen LogP contribution in [-0.2, 0) is 4.79 Å². The first-order chi connectivity index (χ1) is 12.1. The van der Waals surface area contributed by atoms with Gasteiger partial charge in [0.15, 0.2) is 11.5 Å². The Hall–Kier alpha value is -2.17. The zero-order valence-corrected chi connectivity index (χ0v) is 15.6. The number of aliphatic carboxylic acids is 1. The molecule has 5 heteroatoms. The third kappa shape index (κ3) is 7.50. The molecule has 0 radical (unpaired) electrons. The lowest BCUT2D eigenvalue weighted by Crippen LogP contribution is -2.08. The molecular weight excluding hydrogens is 318 g/mol. The number of carboxylic acid groups (broad SMARTS) is 1. The molecule has 1 aromatic rings. The van der Waals surface area contributed by atoms with Crippen molar-refractivity contribution in [3.63, 3.8) is 0 Å². The highest BCUT2D eigenvalue weighted by Crippen LogP contribution is 2.39. The van der Waals surface area contributed by atoms with Crippen molar-refractivity contribution < 1.29 is 19.4 Å². The smallest absolute Gasteiger partial charge is 0.328 e. The molecule has 0 saturated heterocycles. The Morgan fingerprint density at radius 1 is 1.16 bits per heavy atom. The van der Waals surface area contributed by atoms with Gasteiger partial charge in [-0.3, -0.25) is 0 Å². The monoisotopic (exact) mass is 349 g/mol. The summed E-state index contributed by atoms with van der Waals surface area (Å²) in [5.41, 5.74) is 1.58. The number of ether oxygens (including phenoxy) is 2. The van der Waals surface area contributed by atoms with E-state index in [0.717, 1.165) is 62.4 Å². The minimum absolute atomic E-state index is 0.611. The Morgan fingerprint density at radius 3 is 2.52 bits per heavy atom. The van der Waals surface area contributed by atoms with Crippen LogP contribution in [0.4, 0.5) is 5.69 Å². The number of nitrogens with one attached hydrogen (secondary N) is 1. The maximum Gasteiger partial charge on any atom is 0.328 e. The van der Waals surface area contributed by atoms with Gasteiger partial charge in [-0.1, -0.05) is 39.5 Å². The molecule has 0 amide bonds. The summed E-state index contributed by atoms with van der Waals surface area (Å²) in [4.78, 5) is 10.9. The molecule has 0 saturated carbocycles. The summed E-state index contributed by atoms with van der Waals surface area (Å²) in [6, 6.07) is 3.66. The van der Waals surface area contributed by atoms with Crippen molar-refractivity contribution in [2.45, 2.75) is 52.4 Å². The largest absolute Gasteiger partial charge is 0.493 e. The predicted octanol–water partition coefficient (Wildman–Crippen LogP) is 4.96. The molecule has 0 aliphatic heterocycles. The van der Waals surface area contributed by atoms with Crippen LogP contribution in [0.5, 0.6) is 11.5 Å². The zero-order valence-electron chi connectivity index (χ0n) is 15.6. The number of unbranched alkanes of at least 4 members (excludes halogenated alkanes) is 4. The summed E-state index contributed by atoms with van der Waals surface area (Å²) in [6.07, 6.45) is 9.28. The third-order valence-corrected chi connectivity index (χ3v) is 3.86. The van der Waals surface area contributed by atoms with Gasteiger partial charge in [0.05, 0.1) is 19.4 Å². The zero-order chi connectivity index (χ0) is 18.5. The predicted molar refractivity (Wildman–Crippen MR) is 103 cm³/mol. The second-order valence-electron chi connectivity index (χ2n) is 5.92. The first-order valence-corrected chi connectivity index (χ1v) is 9.12. The average molecular weight is 349 g/mol. The number of carboxylic acids is 1. The first kappa shape index (κ1) is 20.9. The van der Waals surface area contributed by atoms with Crippen LogP contribution >= 0.6 is 0 Å². The van der Waals surface area contributed by atoms with Gasteiger partial charge in [0.2, 0.25) is 0 Å². The van der Waals surface area contributed by atoms with Gasteiger partial charge in [-0.25, -0.2) is 4.79 Å². The molecule has 0 heterocycles. The fourth-order valence-electron chi connectivity index (χ4n) is 2.48. The van der Waals surface area contributed by atoms with Gasteiger partial charge in [0, 0.05) is 18.2 Å². The molecule has 0 spiro atoms. The summed E-state index contributed by atoms with van der Waals surface area (Å²) in [5, 5.41) is 12.3. The lowest BCUT2D eigenvalue weighted by atomic mass is 10.1. The second kappa shape index (κ2) is 12.2. The quantitative estimate of drug-likeness (QED) is 0.389. The first-order valence-electron chi connectivity index (χ1n) is 9.12. The molecule has 140 valence electrons. The molecule has 0 aliphatic carbocycles. The van der Waals surface area contributed by atoms with Crippen molar-refractivity contribution in [3.05, 3.63) is 23.8 Å². The van der Waals surface area contributed by atoms with E-state index < -0.39 is 5.97 Å². The van der Waals surface area contributed by atoms with E-state index in [-0.39, 0.29) is 0 Å². The third-order valence-electron chi connectivity index (χ3n) is 3.86. The highest BCUT2D eigenvalue weighted by molar-refractivity contribution is 5.88. The number of hydrogen-bond acceptors (Lipinski definition) is 4. The fourth-order valence-corrected chi connectivity index (χ4v) is 2.48. The Morgan fingerprint density at radius 2 is 1.88 bits per heavy atom. The molecule has 5 nitrogen and oxygen atoms in total. The minimum atomic E-state index is -0.974. The molecule has 1 aromatic carbocycles. The van der Waals surface area contributed by atoms with E-state index >= 15 is 0 Å². The van der Waals surface area contributed by atoms with Gasteiger partial charge in [-0.05, 0) is 31.1 Å². The molecular formula is C20H31NO4. The van der Waals surface area contributed by atoms with Gasteiger partial charge < -0.3 is 19.9 Å². The normalized spacial score (nSPS) is 10.8. The van der Waals surface area contributed by atoms with Crippen molar-refractivity contribution in [2.24, 2.45) is 0 Å². The Balaban J connectivity index is 3.07. The van der Waals surface area contributed by atoms with Crippen LogP contribution in [0.2, 0.25) is 0 Å². The molecule has 0 unspecified atom stereocenters. The number of benzene rings is 1. The highest BCUT2D eigenvalue weighted by atomic mass is 16.5. The van der Waals surface area contributed by atoms with Crippen LogP contribution in [0.3, 0.4) is 0 Å². The fraction of sp³-hybridized carbons (Fsp3) is 0.550. The standard InChI is InChI=1S/C20H31NO4/c1-4-6-8-14-21-19-16(11-13-18(22)23)10-12-17(24-3)20(19)25-15-9-7-5-2/h10-13,21H,4-9,14-15H2,1-3H3,(H,22,23). The van der Waals surface area contributed by atoms with Crippen LogP contribution in [-0.4, -0.2) is 31.3 Å². The van der Waals surface area contributed by atoms with Crippen molar-refractivity contribution in [2.75, 3.05) is 25.6 Å². The SMILES string of the molecule is CCCCCNc1c(C=CC(=O)O)ccc(OC)c1OCCCCC. The molecule has 0 aromatic heterocycles. The average Bonchev–Trinajstić information content (AvgIpc) is 2.61. The summed E-state index contributed by atoms with van der Waals surface area (Å²) in [5.74, 6) is 0.336. The summed E-state index contributed by atoms with van der Waals surface area (Å²) >= 11 is 0. The van der Waals surface area contributed by atoms with Gasteiger partial charge in [-0.2, -0.15) is 0 Å². The molecule has 25 heavy (non-hydrogen) atoms.